The number of anilines is 1. The second-order valence-corrected chi connectivity index (χ2v) is 6.08. The summed E-state index contributed by atoms with van der Waals surface area (Å²) in [4.78, 5) is 18.7. The number of nitrogens with zero attached hydrogens (tertiary/aromatic N) is 3. The fourth-order valence-corrected chi connectivity index (χ4v) is 2.40. The van der Waals surface area contributed by atoms with Crippen LogP contribution in [0, 0.1) is 15.9 Å². The molecule has 3 aromatic rings. The molecule has 2 aromatic carbocycles. The van der Waals surface area contributed by atoms with Gasteiger partial charge in [0.05, 0.1) is 4.92 Å². The summed E-state index contributed by atoms with van der Waals surface area (Å²) in [5.41, 5.74) is 0.368. The lowest BCUT2D eigenvalue weighted by Gasteiger charge is -2.09. The van der Waals surface area contributed by atoms with Crippen molar-refractivity contribution in [3.05, 3.63) is 80.8 Å². The number of benzene rings is 2. The lowest BCUT2D eigenvalue weighted by atomic mass is 10.2. The van der Waals surface area contributed by atoms with Gasteiger partial charge in [0, 0.05) is 11.0 Å². The smallest absolute Gasteiger partial charge is 0.373 e. The number of hydrogen-bond donors (Lipinski definition) is 1. The van der Waals surface area contributed by atoms with Gasteiger partial charge in [-0.1, -0.05) is 28.1 Å². The van der Waals surface area contributed by atoms with E-state index in [-0.39, 0.29) is 29.7 Å². The van der Waals surface area contributed by atoms with Crippen LogP contribution in [0.4, 0.5) is 15.9 Å². The van der Waals surface area contributed by atoms with Gasteiger partial charge in [-0.3, -0.25) is 10.1 Å². The first-order valence-electron chi connectivity index (χ1n) is 7.44. The highest BCUT2D eigenvalue weighted by molar-refractivity contribution is 9.10. The second-order valence-electron chi connectivity index (χ2n) is 5.17. The van der Waals surface area contributed by atoms with Crippen LogP contribution in [0.5, 0.6) is 11.6 Å². The molecule has 1 N–H and O–H groups in total. The molecule has 0 fully saturated rings. The summed E-state index contributed by atoms with van der Waals surface area (Å²) in [6, 6.07) is 12.6. The normalized spacial score (nSPS) is 10.4. The third-order valence-electron chi connectivity index (χ3n) is 3.37. The first-order valence-corrected chi connectivity index (χ1v) is 8.23. The van der Waals surface area contributed by atoms with Crippen molar-refractivity contribution in [2.45, 2.75) is 6.54 Å². The molecule has 0 saturated heterocycles. The maximum absolute atomic E-state index is 13.0. The Balaban J connectivity index is 1.84. The minimum atomic E-state index is -0.610. The summed E-state index contributed by atoms with van der Waals surface area (Å²) in [7, 11) is 0. The molecule has 0 radical (unpaired) electrons. The van der Waals surface area contributed by atoms with Crippen LogP contribution in [0.2, 0.25) is 0 Å². The zero-order valence-corrected chi connectivity index (χ0v) is 14.8. The van der Waals surface area contributed by atoms with Crippen LogP contribution in [0.15, 0.2) is 59.3 Å². The Labute approximate surface area is 156 Å². The van der Waals surface area contributed by atoms with Gasteiger partial charge >= 0.3 is 11.6 Å². The Morgan fingerprint density at radius 1 is 1.12 bits per heavy atom. The molecule has 132 valence electrons. The van der Waals surface area contributed by atoms with Crippen molar-refractivity contribution in [3.8, 4) is 11.6 Å². The van der Waals surface area contributed by atoms with Gasteiger partial charge in [-0.05, 0) is 42.0 Å². The number of hydrogen-bond acceptors (Lipinski definition) is 6. The predicted octanol–water partition coefficient (Wildman–Crippen LogP) is 4.69. The van der Waals surface area contributed by atoms with Gasteiger partial charge in [-0.15, -0.1) is 0 Å². The number of halogens is 2. The van der Waals surface area contributed by atoms with E-state index in [0.29, 0.717) is 5.75 Å². The molecule has 0 aliphatic carbocycles. The fourth-order valence-electron chi connectivity index (χ4n) is 2.13. The Morgan fingerprint density at radius 2 is 1.81 bits per heavy atom. The number of nitrogens with one attached hydrogen (secondary N) is 1. The molecule has 0 unspecified atom stereocenters. The highest BCUT2D eigenvalue weighted by Crippen LogP contribution is 2.34. The van der Waals surface area contributed by atoms with Crippen LogP contribution < -0.4 is 10.1 Å². The molecular weight excluding hydrogens is 407 g/mol. The van der Waals surface area contributed by atoms with Gasteiger partial charge in [-0.25, -0.2) is 9.37 Å². The molecule has 0 bridgehead atoms. The van der Waals surface area contributed by atoms with Gasteiger partial charge in [0.1, 0.15) is 17.9 Å². The fraction of sp³-hybridized carbons (Fsp3) is 0.0588. The van der Waals surface area contributed by atoms with E-state index in [1.807, 2.05) is 0 Å². The van der Waals surface area contributed by atoms with E-state index in [2.05, 4.69) is 31.2 Å². The molecule has 3 rings (SSSR count). The van der Waals surface area contributed by atoms with Gasteiger partial charge in [-0.2, -0.15) is 4.98 Å². The van der Waals surface area contributed by atoms with E-state index in [1.54, 1.807) is 36.4 Å². The molecule has 0 aliphatic rings. The van der Waals surface area contributed by atoms with Crippen molar-refractivity contribution in [2.75, 3.05) is 5.32 Å². The largest absolute Gasteiger partial charge is 0.434 e. The van der Waals surface area contributed by atoms with Crippen LogP contribution in [0.25, 0.3) is 0 Å². The van der Waals surface area contributed by atoms with E-state index in [1.165, 1.54) is 18.5 Å². The van der Waals surface area contributed by atoms with Crippen LogP contribution in [0.1, 0.15) is 5.56 Å². The molecule has 0 amide bonds. The van der Waals surface area contributed by atoms with E-state index in [9.17, 15) is 14.5 Å². The average molecular weight is 419 g/mol. The summed E-state index contributed by atoms with van der Waals surface area (Å²) in [6.07, 6.45) is 1.17. The molecule has 26 heavy (non-hydrogen) atoms. The summed E-state index contributed by atoms with van der Waals surface area (Å²) >= 11 is 3.30. The molecule has 9 heteroatoms. The standard InChI is InChI=1S/C17H12BrFN4O3/c18-12-3-7-14(8-4-12)26-17-15(23(24)25)16(21-10-22-17)20-9-11-1-5-13(19)6-2-11/h1-8,10H,9H2,(H,20,21,22). The minimum absolute atomic E-state index is 0.0152. The SMILES string of the molecule is O=[N+]([O-])c1c(NCc2ccc(F)cc2)ncnc1Oc1ccc(Br)cc1. The van der Waals surface area contributed by atoms with Crippen LogP contribution in [0.3, 0.4) is 0 Å². The van der Waals surface area contributed by atoms with Crippen LogP contribution >= 0.6 is 15.9 Å². The average Bonchev–Trinajstić information content (AvgIpc) is 2.63. The Hall–Kier alpha value is -3.07. The van der Waals surface area contributed by atoms with E-state index < -0.39 is 4.92 Å². The quantitative estimate of drug-likeness (QED) is 0.461. The highest BCUT2D eigenvalue weighted by atomic mass is 79.9. The van der Waals surface area contributed by atoms with E-state index in [0.717, 1.165) is 10.0 Å². The second kappa shape index (κ2) is 7.87. The molecule has 0 aliphatic heterocycles. The van der Waals surface area contributed by atoms with Crippen molar-refractivity contribution < 1.29 is 14.1 Å². The third kappa shape index (κ3) is 4.31. The van der Waals surface area contributed by atoms with Gasteiger partial charge in [0.15, 0.2) is 0 Å². The maximum Gasteiger partial charge on any atom is 0.373 e. The van der Waals surface area contributed by atoms with Crippen LogP contribution in [-0.2, 0) is 6.54 Å². The highest BCUT2D eigenvalue weighted by Gasteiger charge is 2.25. The van der Waals surface area contributed by atoms with Crippen molar-refractivity contribution in [3.63, 3.8) is 0 Å². The molecule has 1 heterocycles. The molecule has 0 spiro atoms. The zero-order chi connectivity index (χ0) is 18.5. The van der Waals surface area contributed by atoms with Gasteiger partial charge < -0.3 is 10.1 Å². The molecule has 0 atom stereocenters. The van der Waals surface area contributed by atoms with Crippen molar-refractivity contribution in [1.82, 2.24) is 9.97 Å². The monoisotopic (exact) mass is 418 g/mol. The number of nitro groups is 1. The maximum atomic E-state index is 13.0. The molecule has 1 aromatic heterocycles. The minimum Gasteiger partial charge on any atom is -0.434 e. The van der Waals surface area contributed by atoms with E-state index >= 15 is 0 Å². The Kier molecular flexibility index (Phi) is 5.37. The topological polar surface area (TPSA) is 90.2 Å². The first kappa shape index (κ1) is 17.7. The summed E-state index contributed by atoms with van der Waals surface area (Å²) in [5, 5.41) is 14.4. The van der Waals surface area contributed by atoms with Gasteiger partial charge in [0.25, 0.3) is 0 Å². The number of rotatable bonds is 6. The number of ether oxygens (including phenoxy) is 1. The van der Waals surface area contributed by atoms with Gasteiger partial charge in [0.2, 0.25) is 5.82 Å². The molecule has 0 saturated carbocycles. The molecule has 7 nitrogen and oxygen atoms in total. The first-order chi connectivity index (χ1) is 12.5. The van der Waals surface area contributed by atoms with Crippen molar-refractivity contribution >= 4 is 27.4 Å². The summed E-state index contributed by atoms with van der Waals surface area (Å²) < 4.78 is 19.3. The van der Waals surface area contributed by atoms with Crippen LogP contribution in [-0.4, -0.2) is 14.9 Å². The lowest BCUT2D eigenvalue weighted by Crippen LogP contribution is -2.07. The summed E-state index contributed by atoms with van der Waals surface area (Å²) in [6.45, 7) is 0.232. The Bertz CT molecular complexity index is 920. The van der Waals surface area contributed by atoms with Crippen molar-refractivity contribution in [1.29, 1.82) is 0 Å². The number of aromatic nitrogens is 2. The molecular formula is C17H12BrFN4O3. The zero-order valence-electron chi connectivity index (χ0n) is 13.2. The Morgan fingerprint density at radius 3 is 2.46 bits per heavy atom. The summed E-state index contributed by atoms with van der Waals surface area (Å²) in [5.74, 6) is -0.109. The lowest BCUT2D eigenvalue weighted by molar-refractivity contribution is -0.385. The third-order valence-corrected chi connectivity index (χ3v) is 3.90. The van der Waals surface area contributed by atoms with E-state index in [4.69, 9.17) is 4.74 Å². The predicted molar refractivity (Wildman–Crippen MR) is 96.6 cm³/mol. The van der Waals surface area contributed by atoms with Crippen molar-refractivity contribution in [2.24, 2.45) is 0 Å².